The van der Waals surface area contributed by atoms with E-state index in [1.165, 1.54) is 5.56 Å². The zero-order chi connectivity index (χ0) is 22.0. The first-order chi connectivity index (χ1) is 14.3. The van der Waals surface area contributed by atoms with Crippen molar-refractivity contribution in [2.45, 2.75) is 52.6 Å². The van der Waals surface area contributed by atoms with Crippen LogP contribution in [0.1, 0.15) is 45.2 Å². The minimum absolute atomic E-state index is 0.318. The van der Waals surface area contributed by atoms with Gasteiger partial charge in [0.1, 0.15) is 11.4 Å². The number of nitrogens with one attached hydrogen (secondary N) is 1. The van der Waals surface area contributed by atoms with Crippen molar-refractivity contribution in [2.24, 2.45) is 0 Å². The predicted octanol–water partition coefficient (Wildman–Crippen LogP) is 5.09. The molecule has 0 spiro atoms. The molecule has 1 amide bonds. The molecule has 160 valence electrons. The van der Waals surface area contributed by atoms with E-state index in [0.717, 1.165) is 18.4 Å². The molecule has 0 saturated carbocycles. The highest BCUT2D eigenvalue weighted by Gasteiger charge is 2.17. The average Bonchev–Trinajstić information content (AvgIpc) is 2.68. The lowest BCUT2D eigenvalue weighted by Gasteiger charge is -2.19. The third-order valence-electron chi connectivity index (χ3n) is 4.05. The number of aromatic nitrogens is 1. The molecule has 0 radical (unpaired) electrons. The monoisotopic (exact) mass is 410 g/mol. The number of ether oxygens (including phenoxy) is 2. The number of esters is 1. The van der Waals surface area contributed by atoms with Crippen LogP contribution in [0.3, 0.4) is 0 Å². The Hall–Kier alpha value is -3.15. The van der Waals surface area contributed by atoms with Crippen LogP contribution in [0.2, 0.25) is 0 Å². The molecular weight excluding hydrogens is 380 g/mol. The fourth-order valence-electron chi connectivity index (χ4n) is 2.74. The molecule has 0 aliphatic rings. The second-order valence-electron chi connectivity index (χ2n) is 7.83. The highest BCUT2D eigenvalue weighted by molar-refractivity contribution is 5.89. The largest absolute Gasteiger partial charge is 0.463 e. The Balaban J connectivity index is 2.01. The smallest absolute Gasteiger partial charge is 0.413 e. The van der Waals surface area contributed by atoms with E-state index in [9.17, 15) is 9.59 Å². The minimum atomic E-state index is -0.580. The molecule has 6 heteroatoms. The van der Waals surface area contributed by atoms with E-state index in [-0.39, 0.29) is 5.97 Å². The number of hydrogen-bond donors (Lipinski definition) is 1. The summed E-state index contributed by atoms with van der Waals surface area (Å²) in [5.74, 6) is 0.0697. The van der Waals surface area contributed by atoms with Gasteiger partial charge in [0, 0.05) is 18.2 Å². The van der Waals surface area contributed by atoms with Crippen LogP contribution in [-0.2, 0) is 27.1 Å². The molecule has 2 rings (SSSR count). The molecule has 1 heterocycles. The van der Waals surface area contributed by atoms with Crippen LogP contribution in [0.15, 0.2) is 60.3 Å². The molecule has 2 aromatic rings. The maximum Gasteiger partial charge on any atom is 0.413 e. The van der Waals surface area contributed by atoms with Crippen LogP contribution in [0.25, 0.3) is 0 Å². The Morgan fingerprint density at radius 2 is 1.80 bits per heavy atom. The van der Waals surface area contributed by atoms with Gasteiger partial charge in [0.05, 0.1) is 6.61 Å². The molecule has 0 saturated heterocycles. The standard InChI is InChI=1S/C24H30N2O4/c1-5-29-22(27)20(13-9-12-18-10-7-6-8-11-18)16-19-14-15-21(25-17-19)26-23(28)30-24(2,3)4/h6-8,10-11,13-15,17H,5,9,12,16H2,1-4H3,(H,25,26,28). The predicted molar refractivity (Wildman–Crippen MR) is 117 cm³/mol. The number of carbonyl (C=O) groups excluding carboxylic acids is 2. The summed E-state index contributed by atoms with van der Waals surface area (Å²) in [6.45, 7) is 7.50. The lowest BCUT2D eigenvalue weighted by atomic mass is 10.0. The van der Waals surface area contributed by atoms with E-state index in [1.807, 2.05) is 30.3 Å². The molecule has 0 aliphatic heterocycles. The fraction of sp³-hybridized carbons (Fsp3) is 0.375. The number of hydrogen-bond acceptors (Lipinski definition) is 5. The first-order valence-electron chi connectivity index (χ1n) is 10.1. The maximum absolute atomic E-state index is 12.4. The second kappa shape index (κ2) is 11.1. The van der Waals surface area contributed by atoms with E-state index < -0.39 is 11.7 Å². The quantitative estimate of drug-likeness (QED) is 0.484. The lowest BCUT2D eigenvalue weighted by molar-refractivity contribution is -0.138. The highest BCUT2D eigenvalue weighted by atomic mass is 16.6. The number of anilines is 1. The third kappa shape index (κ3) is 8.47. The van der Waals surface area contributed by atoms with Gasteiger partial charge < -0.3 is 9.47 Å². The van der Waals surface area contributed by atoms with E-state index in [0.29, 0.717) is 24.4 Å². The molecular formula is C24H30N2O4. The van der Waals surface area contributed by atoms with Crippen LogP contribution >= 0.6 is 0 Å². The van der Waals surface area contributed by atoms with Crippen molar-refractivity contribution < 1.29 is 19.1 Å². The van der Waals surface area contributed by atoms with Crippen LogP contribution in [0.4, 0.5) is 10.6 Å². The van der Waals surface area contributed by atoms with E-state index in [2.05, 4.69) is 22.4 Å². The number of amides is 1. The summed E-state index contributed by atoms with van der Waals surface area (Å²) in [5.41, 5.74) is 2.09. The SMILES string of the molecule is CCOC(=O)C(=CCCc1ccccc1)Cc1ccc(NC(=O)OC(C)(C)C)nc1. The normalized spacial score (nSPS) is 11.7. The van der Waals surface area contributed by atoms with Crippen molar-refractivity contribution in [3.63, 3.8) is 0 Å². The Bertz CT molecular complexity index is 853. The Morgan fingerprint density at radius 1 is 1.07 bits per heavy atom. The molecule has 0 bridgehead atoms. The molecule has 1 aromatic carbocycles. The van der Waals surface area contributed by atoms with Crippen LogP contribution in [0.5, 0.6) is 0 Å². The van der Waals surface area contributed by atoms with Gasteiger partial charge in [0.15, 0.2) is 0 Å². The zero-order valence-electron chi connectivity index (χ0n) is 18.1. The van der Waals surface area contributed by atoms with Gasteiger partial charge in [-0.1, -0.05) is 42.5 Å². The number of pyridine rings is 1. The van der Waals surface area contributed by atoms with Crippen molar-refractivity contribution in [3.05, 3.63) is 71.4 Å². The number of rotatable bonds is 8. The van der Waals surface area contributed by atoms with Crippen molar-refractivity contribution in [1.82, 2.24) is 4.98 Å². The summed E-state index contributed by atoms with van der Waals surface area (Å²) >= 11 is 0. The summed E-state index contributed by atoms with van der Waals surface area (Å²) in [6, 6.07) is 13.6. The van der Waals surface area contributed by atoms with Gasteiger partial charge >= 0.3 is 12.1 Å². The first-order valence-corrected chi connectivity index (χ1v) is 10.1. The number of aryl methyl sites for hydroxylation is 1. The van der Waals surface area contributed by atoms with Crippen molar-refractivity contribution in [2.75, 3.05) is 11.9 Å². The average molecular weight is 411 g/mol. The van der Waals surface area contributed by atoms with Crippen molar-refractivity contribution in [1.29, 1.82) is 0 Å². The Morgan fingerprint density at radius 3 is 2.40 bits per heavy atom. The molecule has 6 nitrogen and oxygen atoms in total. The summed E-state index contributed by atoms with van der Waals surface area (Å²) in [5, 5.41) is 2.60. The van der Waals surface area contributed by atoms with E-state index in [4.69, 9.17) is 9.47 Å². The van der Waals surface area contributed by atoms with Crippen molar-refractivity contribution >= 4 is 17.9 Å². The molecule has 0 aliphatic carbocycles. The number of allylic oxidation sites excluding steroid dienone is 1. The van der Waals surface area contributed by atoms with Gasteiger partial charge in [-0.15, -0.1) is 0 Å². The third-order valence-corrected chi connectivity index (χ3v) is 4.05. The minimum Gasteiger partial charge on any atom is -0.463 e. The van der Waals surface area contributed by atoms with Gasteiger partial charge in [-0.3, -0.25) is 5.32 Å². The Kier molecular flexibility index (Phi) is 8.59. The highest BCUT2D eigenvalue weighted by Crippen LogP contribution is 2.15. The topological polar surface area (TPSA) is 77.5 Å². The lowest BCUT2D eigenvalue weighted by Crippen LogP contribution is -2.27. The second-order valence-corrected chi connectivity index (χ2v) is 7.83. The Labute approximate surface area is 178 Å². The molecule has 0 unspecified atom stereocenters. The molecule has 30 heavy (non-hydrogen) atoms. The van der Waals surface area contributed by atoms with E-state index in [1.54, 1.807) is 40.0 Å². The summed E-state index contributed by atoms with van der Waals surface area (Å²) in [6.07, 6.45) is 5.00. The first kappa shape index (κ1) is 23.1. The number of nitrogens with zero attached hydrogens (tertiary/aromatic N) is 1. The molecule has 0 atom stereocenters. The van der Waals surface area contributed by atoms with Gasteiger partial charge in [0.2, 0.25) is 0 Å². The summed E-state index contributed by atoms with van der Waals surface area (Å²) < 4.78 is 10.4. The van der Waals surface area contributed by atoms with Gasteiger partial charge in [0.25, 0.3) is 0 Å². The number of carbonyl (C=O) groups is 2. The van der Waals surface area contributed by atoms with Crippen LogP contribution in [0, 0.1) is 0 Å². The molecule has 1 aromatic heterocycles. The summed E-state index contributed by atoms with van der Waals surface area (Å²) in [4.78, 5) is 28.4. The maximum atomic E-state index is 12.4. The zero-order valence-corrected chi connectivity index (χ0v) is 18.1. The molecule has 1 N–H and O–H groups in total. The van der Waals surface area contributed by atoms with E-state index >= 15 is 0 Å². The van der Waals surface area contributed by atoms with Gasteiger partial charge in [-0.2, -0.15) is 0 Å². The fourth-order valence-corrected chi connectivity index (χ4v) is 2.74. The number of benzene rings is 1. The van der Waals surface area contributed by atoms with Gasteiger partial charge in [-0.25, -0.2) is 14.6 Å². The summed E-state index contributed by atoms with van der Waals surface area (Å²) in [7, 11) is 0. The van der Waals surface area contributed by atoms with Crippen LogP contribution in [-0.4, -0.2) is 29.3 Å². The van der Waals surface area contributed by atoms with Crippen molar-refractivity contribution in [3.8, 4) is 0 Å². The van der Waals surface area contributed by atoms with Crippen LogP contribution < -0.4 is 5.32 Å². The van der Waals surface area contributed by atoms with Gasteiger partial charge in [-0.05, 0) is 57.7 Å². The molecule has 0 fully saturated rings.